The number of carbonyl (C=O) groups is 1. The molecule has 1 N–H and O–H groups in total. The Morgan fingerprint density at radius 1 is 1.38 bits per heavy atom. The summed E-state index contributed by atoms with van der Waals surface area (Å²) < 4.78 is 5.70. The summed E-state index contributed by atoms with van der Waals surface area (Å²) in [5.74, 6) is 0.613. The summed E-state index contributed by atoms with van der Waals surface area (Å²) in [6, 6.07) is 2.30. The van der Waals surface area contributed by atoms with Crippen LogP contribution in [0.3, 0.4) is 0 Å². The maximum Gasteiger partial charge on any atom is 0.239 e. The number of nitriles is 1. The van der Waals surface area contributed by atoms with Gasteiger partial charge in [0.05, 0.1) is 24.3 Å². The lowest BCUT2D eigenvalue weighted by molar-refractivity contribution is -0.121. The van der Waals surface area contributed by atoms with Gasteiger partial charge in [-0.25, -0.2) is 0 Å². The largest absolute Gasteiger partial charge is 0.373 e. The molecule has 130 valence electrons. The van der Waals surface area contributed by atoms with Gasteiger partial charge in [0.25, 0.3) is 0 Å². The van der Waals surface area contributed by atoms with Gasteiger partial charge in [-0.2, -0.15) is 5.26 Å². The molecule has 0 aromatic carbocycles. The monoisotopic (exact) mass is 347 g/mol. The zero-order valence-electron chi connectivity index (χ0n) is 14.6. The molecule has 0 spiro atoms. The van der Waals surface area contributed by atoms with Crippen molar-refractivity contribution in [2.75, 3.05) is 25.0 Å². The van der Waals surface area contributed by atoms with Crippen molar-refractivity contribution in [1.82, 2.24) is 4.90 Å². The highest BCUT2D eigenvalue weighted by atomic mass is 32.1. The molecular weight excluding hydrogens is 322 g/mol. The van der Waals surface area contributed by atoms with E-state index in [4.69, 9.17) is 4.74 Å². The number of hydrogen-bond acceptors (Lipinski definition) is 5. The summed E-state index contributed by atoms with van der Waals surface area (Å²) in [5.41, 5.74) is 1.84. The van der Waals surface area contributed by atoms with Gasteiger partial charge >= 0.3 is 0 Å². The third-order valence-electron chi connectivity index (χ3n) is 4.74. The van der Waals surface area contributed by atoms with E-state index in [1.54, 1.807) is 11.3 Å². The van der Waals surface area contributed by atoms with Crippen LogP contribution in [0.25, 0.3) is 0 Å². The van der Waals surface area contributed by atoms with Crippen molar-refractivity contribution >= 4 is 22.2 Å². The van der Waals surface area contributed by atoms with Crippen molar-refractivity contribution in [3.05, 3.63) is 16.0 Å². The third-order valence-corrected chi connectivity index (χ3v) is 5.91. The topological polar surface area (TPSA) is 65.4 Å². The van der Waals surface area contributed by atoms with E-state index < -0.39 is 0 Å². The molecule has 2 aliphatic rings. The van der Waals surface area contributed by atoms with Crippen molar-refractivity contribution in [3.63, 3.8) is 0 Å². The van der Waals surface area contributed by atoms with Crippen LogP contribution in [0.1, 0.15) is 43.2 Å². The predicted octanol–water partition coefficient (Wildman–Crippen LogP) is 2.79. The molecule has 5 nitrogen and oxygen atoms in total. The van der Waals surface area contributed by atoms with Crippen molar-refractivity contribution in [3.8, 4) is 6.07 Å². The Hall–Kier alpha value is -1.42. The van der Waals surface area contributed by atoms with Crippen LogP contribution in [0.15, 0.2) is 0 Å². The Morgan fingerprint density at radius 3 is 2.75 bits per heavy atom. The van der Waals surface area contributed by atoms with E-state index in [-0.39, 0.29) is 18.1 Å². The normalized spacial score (nSPS) is 27.3. The number of amides is 1. The summed E-state index contributed by atoms with van der Waals surface area (Å²) in [6.45, 7) is 8.18. The van der Waals surface area contributed by atoms with Gasteiger partial charge in [0.2, 0.25) is 5.91 Å². The fourth-order valence-electron chi connectivity index (χ4n) is 3.74. The SMILES string of the molecule is C[C@H]1CCc2c(sc(NC(=O)CN3C[C@@H](C)O[C@H](C)C3)c2C#N)C1. The molecule has 1 aliphatic heterocycles. The first-order chi connectivity index (χ1) is 11.5. The smallest absolute Gasteiger partial charge is 0.239 e. The van der Waals surface area contributed by atoms with Crippen molar-refractivity contribution in [2.45, 2.75) is 52.2 Å². The van der Waals surface area contributed by atoms with Crippen LogP contribution in [-0.4, -0.2) is 42.6 Å². The molecule has 1 amide bonds. The minimum Gasteiger partial charge on any atom is -0.373 e. The molecule has 3 atom stereocenters. The van der Waals surface area contributed by atoms with E-state index in [9.17, 15) is 10.1 Å². The summed E-state index contributed by atoms with van der Waals surface area (Å²) in [7, 11) is 0. The molecule has 0 radical (unpaired) electrons. The molecule has 1 aromatic heterocycles. The number of thiophene rings is 1. The predicted molar refractivity (Wildman–Crippen MR) is 95.3 cm³/mol. The highest BCUT2D eigenvalue weighted by Gasteiger charge is 2.26. The van der Waals surface area contributed by atoms with Crippen LogP contribution in [0, 0.1) is 17.2 Å². The molecule has 1 fully saturated rings. The average Bonchev–Trinajstić information content (AvgIpc) is 2.81. The average molecular weight is 347 g/mol. The fourth-order valence-corrected chi connectivity index (χ4v) is 5.12. The quantitative estimate of drug-likeness (QED) is 0.913. The molecule has 2 heterocycles. The van der Waals surface area contributed by atoms with Gasteiger partial charge in [0.15, 0.2) is 0 Å². The molecule has 24 heavy (non-hydrogen) atoms. The number of rotatable bonds is 3. The molecule has 6 heteroatoms. The molecule has 1 aromatic rings. The van der Waals surface area contributed by atoms with E-state index >= 15 is 0 Å². The maximum atomic E-state index is 12.4. The fraction of sp³-hybridized carbons (Fsp3) is 0.667. The molecule has 0 unspecified atom stereocenters. The van der Waals surface area contributed by atoms with E-state index in [0.717, 1.165) is 42.9 Å². The van der Waals surface area contributed by atoms with Gasteiger partial charge in [-0.05, 0) is 44.6 Å². The molecular formula is C18H25N3O2S. The van der Waals surface area contributed by atoms with Gasteiger partial charge in [-0.15, -0.1) is 11.3 Å². The highest BCUT2D eigenvalue weighted by Crippen LogP contribution is 2.39. The van der Waals surface area contributed by atoms with E-state index in [1.807, 2.05) is 13.8 Å². The second kappa shape index (κ2) is 7.22. The number of ether oxygens (including phenoxy) is 1. The number of nitrogens with one attached hydrogen (secondary N) is 1. The van der Waals surface area contributed by atoms with Crippen LogP contribution < -0.4 is 5.32 Å². The lowest BCUT2D eigenvalue weighted by Gasteiger charge is -2.34. The number of hydrogen-bond donors (Lipinski definition) is 1. The van der Waals surface area contributed by atoms with Crippen molar-refractivity contribution in [1.29, 1.82) is 5.26 Å². The summed E-state index contributed by atoms with van der Waals surface area (Å²) in [5, 5.41) is 13.2. The zero-order valence-corrected chi connectivity index (χ0v) is 15.4. The Bertz CT molecular complexity index is 654. The lowest BCUT2D eigenvalue weighted by atomic mass is 9.89. The lowest BCUT2D eigenvalue weighted by Crippen LogP contribution is -2.48. The highest BCUT2D eigenvalue weighted by molar-refractivity contribution is 7.16. The number of morpholine rings is 1. The van der Waals surface area contributed by atoms with Crippen LogP contribution in [0.4, 0.5) is 5.00 Å². The molecule has 3 rings (SSSR count). The van der Waals surface area contributed by atoms with Crippen LogP contribution in [-0.2, 0) is 22.4 Å². The van der Waals surface area contributed by atoms with Crippen molar-refractivity contribution in [2.24, 2.45) is 5.92 Å². The standard InChI is InChI=1S/C18H25N3O2S/c1-11-4-5-14-15(7-19)18(24-16(14)6-11)20-17(22)10-21-8-12(2)23-13(3)9-21/h11-13H,4-6,8-10H2,1-3H3,(H,20,22)/t11-,12+,13+/m0/s1. The second-order valence-electron chi connectivity index (χ2n) is 7.17. The first-order valence-corrected chi connectivity index (χ1v) is 9.50. The summed E-state index contributed by atoms with van der Waals surface area (Å²) in [6.07, 6.45) is 3.38. The Kier molecular flexibility index (Phi) is 5.24. The van der Waals surface area contributed by atoms with E-state index in [1.165, 1.54) is 4.88 Å². The Labute approximate surface area is 147 Å². The zero-order chi connectivity index (χ0) is 17.3. The van der Waals surface area contributed by atoms with Gasteiger partial charge in [0.1, 0.15) is 11.1 Å². The molecule has 1 saturated heterocycles. The van der Waals surface area contributed by atoms with E-state index in [2.05, 4.69) is 23.2 Å². The number of anilines is 1. The second-order valence-corrected chi connectivity index (χ2v) is 8.27. The van der Waals surface area contributed by atoms with Gasteiger partial charge < -0.3 is 10.1 Å². The van der Waals surface area contributed by atoms with Crippen LogP contribution in [0.2, 0.25) is 0 Å². The number of fused-ring (bicyclic) bond motifs is 1. The number of carbonyl (C=O) groups excluding carboxylic acids is 1. The third kappa shape index (κ3) is 3.80. The van der Waals surface area contributed by atoms with Crippen molar-refractivity contribution < 1.29 is 9.53 Å². The molecule has 0 bridgehead atoms. The first kappa shape index (κ1) is 17.4. The maximum absolute atomic E-state index is 12.4. The van der Waals surface area contributed by atoms with Crippen LogP contribution >= 0.6 is 11.3 Å². The molecule has 0 saturated carbocycles. The van der Waals surface area contributed by atoms with Gasteiger partial charge in [-0.1, -0.05) is 6.92 Å². The van der Waals surface area contributed by atoms with Gasteiger partial charge in [0, 0.05) is 18.0 Å². The summed E-state index contributed by atoms with van der Waals surface area (Å²) >= 11 is 1.58. The first-order valence-electron chi connectivity index (χ1n) is 8.68. The van der Waals surface area contributed by atoms with Crippen LogP contribution in [0.5, 0.6) is 0 Å². The Balaban J connectivity index is 1.67. The minimum absolute atomic E-state index is 0.0422. The molecule has 1 aliphatic carbocycles. The summed E-state index contributed by atoms with van der Waals surface area (Å²) in [4.78, 5) is 15.8. The van der Waals surface area contributed by atoms with Gasteiger partial charge in [-0.3, -0.25) is 9.69 Å². The number of nitrogens with zero attached hydrogens (tertiary/aromatic N) is 2. The minimum atomic E-state index is -0.0422. The Morgan fingerprint density at radius 2 is 2.08 bits per heavy atom. The van der Waals surface area contributed by atoms with E-state index in [0.29, 0.717) is 18.0 Å².